The molecule has 0 saturated carbocycles. The second-order valence-corrected chi connectivity index (χ2v) is 13.8. The van der Waals surface area contributed by atoms with Gasteiger partial charge in [0, 0.05) is 39.5 Å². The smallest absolute Gasteiger partial charge is 0.247 e. The Hall–Kier alpha value is -2.07. The van der Waals surface area contributed by atoms with Crippen molar-refractivity contribution in [2.45, 2.75) is 193 Å². The van der Waals surface area contributed by atoms with E-state index in [0.29, 0.717) is 45.3 Å². The summed E-state index contributed by atoms with van der Waals surface area (Å²) in [7, 11) is 1.68. The number of carbonyl (C=O) groups is 3. The van der Waals surface area contributed by atoms with E-state index in [4.69, 9.17) is 16.9 Å². The lowest BCUT2D eigenvalue weighted by atomic mass is 10.0. The van der Waals surface area contributed by atoms with Crippen molar-refractivity contribution < 1.29 is 14.4 Å². The number of guanidine groups is 1. The third-order valence-corrected chi connectivity index (χ3v) is 9.18. The predicted molar refractivity (Wildman–Crippen MR) is 209 cm³/mol. The molecule has 0 fully saturated rings. The first-order chi connectivity index (χ1) is 23.3. The second-order valence-electron chi connectivity index (χ2n) is 13.8. The molecule has 0 spiro atoms. The molecule has 0 unspecified atom stereocenters. The van der Waals surface area contributed by atoms with E-state index in [2.05, 4.69) is 24.6 Å². The van der Waals surface area contributed by atoms with Crippen LogP contribution < -0.4 is 22.2 Å². The molecular weight excluding hydrogens is 638 g/mol. The highest BCUT2D eigenvalue weighted by Crippen LogP contribution is 2.16. The van der Waals surface area contributed by atoms with Gasteiger partial charge in [-0.05, 0) is 32.1 Å². The van der Waals surface area contributed by atoms with Gasteiger partial charge in [0.2, 0.25) is 23.7 Å². The zero-order valence-electron chi connectivity index (χ0n) is 32.0. The van der Waals surface area contributed by atoms with Gasteiger partial charge in [-0.3, -0.25) is 25.2 Å². The van der Waals surface area contributed by atoms with Crippen molar-refractivity contribution in [3.8, 4) is 0 Å². The van der Waals surface area contributed by atoms with Crippen LogP contribution in [0.5, 0.6) is 0 Å². The van der Waals surface area contributed by atoms with Crippen LogP contribution in [-0.2, 0) is 14.4 Å². The molecule has 0 rings (SSSR count). The zero-order valence-corrected chi connectivity index (χ0v) is 32.8. The summed E-state index contributed by atoms with van der Waals surface area (Å²) in [6.07, 6.45) is 29.4. The van der Waals surface area contributed by atoms with Crippen LogP contribution in [0.1, 0.15) is 187 Å². The predicted octanol–water partition coefficient (Wildman–Crippen LogP) is 8.11. The van der Waals surface area contributed by atoms with E-state index in [-0.39, 0.29) is 42.5 Å². The van der Waals surface area contributed by atoms with Crippen molar-refractivity contribution in [2.24, 2.45) is 11.5 Å². The Labute approximate surface area is 307 Å². The minimum atomic E-state index is -0.808. The van der Waals surface area contributed by atoms with E-state index in [1.54, 1.807) is 7.05 Å². The molecule has 0 aliphatic heterocycles. The number of unbranched alkanes of at least 4 members (excludes halogenated alkanes) is 21. The first-order valence-corrected chi connectivity index (χ1v) is 19.9. The molecule has 0 saturated heterocycles. The van der Waals surface area contributed by atoms with Crippen molar-refractivity contribution >= 4 is 36.1 Å². The fraction of sp³-hybridized carbons (Fsp3) is 0.895. The van der Waals surface area contributed by atoms with Gasteiger partial charge in [0.1, 0.15) is 6.04 Å². The van der Waals surface area contributed by atoms with E-state index in [1.807, 2.05) is 0 Å². The van der Waals surface area contributed by atoms with Gasteiger partial charge in [0.25, 0.3) is 0 Å². The maximum atomic E-state index is 13.4. The van der Waals surface area contributed by atoms with Gasteiger partial charge in [-0.15, -0.1) is 12.4 Å². The average Bonchev–Trinajstić information content (AvgIpc) is 3.06. The Morgan fingerprint density at radius 3 is 1.51 bits per heavy atom. The van der Waals surface area contributed by atoms with E-state index < -0.39 is 6.04 Å². The number of halogens is 1. The number of likely N-dealkylation sites (N-methyl/N-ethyl adjacent to an activating group) is 1. The number of rotatable bonds is 33. The average molecular weight is 717 g/mol. The molecule has 290 valence electrons. The summed E-state index contributed by atoms with van der Waals surface area (Å²) in [5.74, 6) is -0.776. The number of nitrogens with one attached hydrogen (secondary N) is 3. The summed E-state index contributed by atoms with van der Waals surface area (Å²) in [5, 5.41) is 12.1. The van der Waals surface area contributed by atoms with Crippen molar-refractivity contribution in [1.82, 2.24) is 20.7 Å². The highest BCUT2D eigenvalue weighted by atomic mass is 35.5. The maximum absolute atomic E-state index is 13.4. The largest absolute Gasteiger partial charge is 0.369 e. The number of amides is 3. The maximum Gasteiger partial charge on any atom is 0.247 e. The molecule has 3 amide bonds. The van der Waals surface area contributed by atoms with E-state index in [0.717, 1.165) is 32.1 Å². The lowest BCUT2D eigenvalue weighted by Gasteiger charge is -2.33. The Morgan fingerprint density at radius 1 is 0.653 bits per heavy atom. The summed E-state index contributed by atoms with van der Waals surface area (Å²) in [5.41, 5.74) is 14.0. The van der Waals surface area contributed by atoms with Crippen LogP contribution in [0, 0.1) is 5.41 Å². The van der Waals surface area contributed by atoms with Crippen LogP contribution >= 0.6 is 12.4 Å². The summed E-state index contributed by atoms with van der Waals surface area (Å²) in [6.45, 7) is 5.70. The molecular formula is C38H78ClN7O3. The Balaban J connectivity index is 0. The fourth-order valence-electron chi connectivity index (χ4n) is 6.15. The Kier molecular flexibility index (Phi) is 35.8. The van der Waals surface area contributed by atoms with Crippen molar-refractivity contribution in [1.29, 1.82) is 5.41 Å². The quantitative estimate of drug-likeness (QED) is 0.0200. The molecule has 0 aromatic carbocycles. The fourth-order valence-corrected chi connectivity index (χ4v) is 6.15. The molecule has 0 aromatic heterocycles. The lowest BCUT2D eigenvalue weighted by Crippen LogP contribution is -2.59. The zero-order chi connectivity index (χ0) is 35.7. The summed E-state index contributed by atoms with van der Waals surface area (Å²) in [4.78, 5) is 40.7. The molecule has 0 aromatic rings. The third-order valence-electron chi connectivity index (χ3n) is 9.18. The van der Waals surface area contributed by atoms with Gasteiger partial charge in [0.15, 0.2) is 0 Å². The summed E-state index contributed by atoms with van der Waals surface area (Å²) >= 11 is 0. The number of carbonyl (C=O) groups excluding carboxylic acids is 3. The molecule has 11 heteroatoms. The molecule has 0 aliphatic carbocycles. The second kappa shape index (κ2) is 35.7. The number of hydrazine groups is 1. The summed E-state index contributed by atoms with van der Waals surface area (Å²) < 4.78 is 0. The number of nitrogens with zero attached hydrogens (tertiary/aromatic N) is 2. The van der Waals surface area contributed by atoms with E-state index >= 15 is 0 Å². The standard InChI is InChI=1S/C38H77N7O3.ClH/c1-4-6-8-10-12-14-16-18-20-22-24-29-35(46)42-32-27-26-28-34(37(48)44(3)33-31-39)45(43-38(40)41)36(47)30-25-23-21-19-17-15-13-11-9-7-5-2;/h34H,4-33,39H2,1-3H3,(H,42,46)(H4,40,41,43);1H/t34-;/m0./s1. The number of hydrogen-bond acceptors (Lipinski definition) is 5. The normalized spacial score (nSPS) is 11.4. The van der Waals surface area contributed by atoms with E-state index in [1.165, 1.54) is 119 Å². The molecule has 0 radical (unpaired) electrons. The number of nitrogens with two attached hydrogens (primary N) is 2. The van der Waals surface area contributed by atoms with Crippen LogP contribution in [0.15, 0.2) is 0 Å². The van der Waals surface area contributed by atoms with Crippen molar-refractivity contribution in [3.63, 3.8) is 0 Å². The first-order valence-electron chi connectivity index (χ1n) is 19.9. The van der Waals surface area contributed by atoms with Gasteiger partial charge in [0.05, 0.1) is 0 Å². The lowest BCUT2D eigenvalue weighted by molar-refractivity contribution is -0.147. The summed E-state index contributed by atoms with van der Waals surface area (Å²) in [6, 6.07) is -0.808. The Morgan fingerprint density at radius 2 is 1.08 bits per heavy atom. The van der Waals surface area contributed by atoms with Gasteiger partial charge in [-0.2, -0.15) is 0 Å². The first kappa shape index (κ1) is 49.0. The number of hydrogen-bond donors (Lipinski definition) is 5. The van der Waals surface area contributed by atoms with Gasteiger partial charge >= 0.3 is 0 Å². The minimum absolute atomic E-state index is 0. The SMILES string of the molecule is CCCCCCCCCCCCCC(=O)NCCCC[C@@H](C(=O)N(C)CCN)N(NC(=N)N)C(=O)CCCCCCCCCCCCC.Cl. The van der Waals surface area contributed by atoms with Crippen LogP contribution in [0.4, 0.5) is 0 Å². The third kappa shape index (κ3) is 29.4. The van der Waals surface area contributed by atoms with Crippen molar-refractivity contribution in [3.05, 3.63) is 0 Å². The van der Waals surface area contributed by atoms with Crippen molar-refractivity contribution in [2.75, 3.05) is 26.7 Å². The monoisotopic (exact) mass is 716 g/mol. The molecule has 1 atom stereocenters. The topological polar surface area (TPSA) is 158 Å². The van der Waals surface area contributed by atoms with Crippen LogP contribution in [0.25, 0.3) is 0 Å². The van der Waals surface area contributed by atoms with Gasteiger partial charge in [-0.25, -0.2) is 5.01 Å². The van der Waals surface area contributed by atoms with Crippen LogP contribution in [0.3, 0.4) is 0 Å². The molecule has 49 heavy (non-hydrogen) atoms. The highest BCUT2D eigenvalue weighted by molar-refractivity contribution is 5.89. The van der Waals surface area contributed by atoms with Gasteiger partial charge in [-0.1, -0.05) is 142 Å². The highest BCUT2D eigenvalue weighted by Gasteiger charge is 2.32. The molecule has 0 heterocycles. The Bertz CT molecular complexity index is 818. The molecule has 0 bridgehead atoms. The van der Waals surface area contributed by atoms with Gasteiger partial charge < -0.3 is 21.7 Å². The minimum Gasteiger partial charge on any atom is -0.369 e. The van der Waals surface area contributed by atoms with E-state index in [9.17, 15) is 14.4 Å². The molecule has 10 nitrogen and oxygen atoms in total. The van der Waals surface area contributed by atoms with Crippen LogP contribution in [0.2, 0.25) is 0 Å². The molecule has 7 N–H and O–H groups in total. The van der Waals surface area contributed by atoms with Crippen LogP contribution in [-0.4, -0.2) is 66.3 Å². The molecule has 0 aliphatic rings.